The van der Waals surface area contributed by atoms with E-state index in [1.165, 1.54) is 21.2 Å². The first-order valence-corrected chi connectivity index (χ1v) is 6.99. The summed E-state index contributed by atoms with van der Waals surface area (Å²) in [6.07, 6.45) is 0. The first-order valence-electron chi connectivity index (χ1n) is 6.20. The highest BCUT2D eigenvalue weighted by Gasteiger charge is 2.04. The quantitative estimate of drug-likeness (QED) is 0.870. The van der Waals surface area contributed by atoms with Crippen LogP contribution in [0.3, 0.4) is 0 Å². The van der Waals surface area contributed by atoms with Crippen molar-refractivity contribution in [1.29, 1.82) is 0 Å². The fourth-order valence-electron chi connectivity index (χ4n) is 1.95. The molecular weight excluding hydrogens is 286 g/mol. The average molecular weight is 304 g/mol. The van der Waals surface area contributed by atoms with Crippen LogP contribution < -0.4 is 5.32 Å². The van der Waals surface area contributed by atoms with Gasteiger partial charge in [0.05, 0.1) is 0 Å². The van der Waals surface area contributed by atoms with Crippen LogP contribution in [-0.4, -0.2) is 0 Å². The van der Waals surface area contributed by atoms with E-state index in [1.807, 2.05) is 6.07 Å². The van der Waals surface area contributed by atoms with Crippen molar-refractivity contribution in [2.45, 2.75) is 26.4 Å². The Morgan fingerprint density at radius 3 is 2.50 bits per heavy atom. The Morgan fingerprint density at radius 2 is 1.83 bits per heavy atom. The van der Waals surface area contributed by atoms with Crippen LogP contribution in [0.5, 0.6) is 0 Å². The number of hydrogen-bond donors (Lipinski definition) is 1. The van der Waals surface area contributed by atoms with E-state index in [0.717, 1.165) is 6.54 Å². The summed E-state index contributed by atoms with van der Waals surface area (Å²) in [5, 5.41) is 3.55. The van der Waals surface area contributed by atoms with Crippen molar-refractivity contribution in [3.63, 3.8) is 0 Å². The predicted octanol–water partition coefficient (Wildman–Crippen LogP) is 4.61. The van der Waals surface area contributed by atoms with Gasteiger partial charge in [-0.25, -0.2) is 0 Å². The van der Waals surface area contributed by atoms with E-state index < -0.39 is 0 Å². The van der Waals surface area contributed by atoms with Gasteiger partial charge in [0.1, 0.15) is 0 Å². The fourth-order valence-corrected chi connectivity index (χ4v) is 2.19. The maximum atomic E-state index is 3.55. The van der Waals surface area contributed by atoms with Crippen LogP contribution in [0.2, 0.25) is 0 Å². The second-order valence-corrected chi connectivity index (χ2v) is 5.45. The van der Waals surface area contributed by atoms with E-state index in [-0.39, 0.29) is 0 Å². The van der Waals surface area contributed by atoms with Crippen LogP contribution in [0, 0.1) is 6.92 Å². The molecule has 94 valence electrons. The minimum atomic E-state index is 0.371. The van der Waals surface area contributed by atoms with Crippen LogP contribution in [0.1, 0.15) is 29.7 Å². The summed E-state index contributed by atoms with van der Waals surface area (Å²) in [5.41, 5.74) is 3.92. The molecule has 0 radical (unpaired) electrons. The minimum Gasteiger partial charge on any atom is -0.306 e. The third-order valence-electron chi connectivity index (χ3n) is 3.13. The Bertz CT molecular complexity index is 508. The van der Waals surface area contributed by atoms with Gasteiger partial charge in [-0.3, -0.25) is 0 Å². The molecule has 2 rings (SSSR count). The Hall–Kier alpha value is -1.12. The van der Waals surface area contributed by atoms with Gasteiger partial charge in [0.15, 0.2) is 0 Å². The third kappa shape index (κ3) is 3.44. The van der Waals surface area contributed by atoms with Crippen LogP contribution >= 0.6 is 15.9 Å². The summed E-state index contributed by atoms with van der Waals surface area (Å²) in [4.78, 5) is 0. The highest BCUT2D eigenvalue weighted by atomic mass is 79.9. The SMILES string of the molecule is Cc1cc(CNC(C)c2ccccc2)ccc1Br. The molecule has 2 heteroatoms. The fraction of sp³-hybridized carbons (Fsp3) is 0.250. The molecule has 0 saturated heterocycles. The van der Waals surface area contributed by atoms with Gasteiger partial charge >= 0.3 is 0 Å². The van der Waals surface area contributed by atoms with Crippen LogP contribution in [0.15, 0.2) is 53.0 Å². The van der Waals surface area contributed by atoms with Gasteiger partial charge in [-0.05, 0) is 36.6 Å². The number of hydrogen-bond acceptors (Lipinski definition) is 1. The lowest BCUT2D eigenvalue weighted by molar-refractivity contribution is 0.574. The van der Waals surface area contributed by atoms with E-state index in [9.17, 15) is 0 Å². The lowest BCUT2D eigenvalue weighted by atomic mass is 10.1. The molecule has 0 aliphatic carbocycles. The Kier molecular flexibility index (Phi) is 4.56. The van der Waals surface area contributed by atoms with Crippen LogP contribution in [0.4, 0.5) is 0 Å². The molecule has 1 nitrogen and oxygen atoms in total. The molecular formula is C16H18BrN. The number of halogens is 1. The number of nitrogens with one attached hydrogen (secondary N) is 1. The molecule has 0 aliphatic rings. The van der Waals surface area contributed by atoms with Crippen LogP contribution in [-0.2, 0) is 6.54 Å². The van der Waals surface area contributed by atoms with Gasteiger partial charge < -0.3 is 5.32 Å². The first-order chi connectivity index (χ1) is 8.66. The second-order valence-electron chi connectivity index (χ2n) is 4.60. The maximum absolute atomic E-state index is 3.55. The molecule has 0 heterocycles. The maximum Gasteiger partial charge on any atom is 0.0294 e. The monoisotopic (exact) mass is 303 g/mol. The molecule has 1 atom stereocenters. The van der Waals surface area contributed by atoms with Crippen molar-refractivity contribution >= 4 is 15.9 Å². The Balaban J connectivity index is 1.97. The normalized spacial score (nSPS) is 12.4. The van der Waals surface area contributed by atoms with Gasteiger partial charge in [-0.15, -0.1) is 0 Å². The lowest BCUT2D eigenvalue weighted by Gasteiger charge is -2.14. The smallest absolute Gasteiger partial charge is 0.0294 e. The average Bonchev–Trinajstić information content (AvgIpc) is 2.41. The summed E-state index contributed by atoms with van der Waals surface area (Å²) in [7, 11) is 0. The molecule has 0 aromatic heterocycles. The summed E-state index contributed by atoms with van der Waals surface area (Å²) in [6.45, 7) is 5.21. The summed E-state index contributed by atoms with van der Waals surface area (Å²) < 4.78 is 1.17. The zero-order chi connectivity index (χ0) is 13.0. The van der Waals surface area contributed by atoms with Gasteiger partial charge in [0.25, 0.3) is 0 Å². The van der Waals surface area contributed by atoms with Crippen molar-refractivity contribution in [3.8, 4) is 0 Å². The summed E-state index contributed by atoms with van der Waals surface area (Å²) in [6, 6.07) is 17.4. The standard InChI is InChI=1S/C16H18BrN/c1-12-10-14(8-9-16(12)17)11-18-13(2)15-6-4-3-5-7-15/h3-10,13,18H,11H2,1-2H3. The highest BCUT2D eigenvalue weighted by molar-refractivity contribution is 9.10. The molecule has 1 unspecified atom stereocenters. The molecule has 0 spiro atoms. The Morgan fingerprint density at radius 1 is 1.11 bits per heavy atom. The zero-order valence-corrected chi connectivity index (χ0v) is 12.4. The van der Waals surface area contributed by atoms with E-state index in [2.05, 4.69) is 77.6 Å². The van der Waals surface area contributed by atoms with Gasteiger partial charge in [-0.1, -0.05) is 58.4 Å². The number of benzene rings is 2. The second kappa shape index (κ2) is 6.17. The van der Waals surface area contributed by atoms with E-state index in [4.69, 9.17) is 0 Å². The molecule has 2 aromatic rings. The van der Waals surface area contributed by atoms with Crippen LogP contribution in [0.25, 0.3) is 0 Å². The molecule has 2 aromatic carbocycles. The summed E-state index contributed by atoms with van der Waals surface area (Å²) >= 11 is 3.53. The molecule has 1 N–H and O–H groups in total. The topological polar surface area (TPSA) is 12.0 Å². The largest absolute Gasteiger partial charge is 0.306 e. The minimum absolute atomic E-state index is 0.371. The highest BCUT2D eigenvalue weighted by Crippen LogP contribution is 2.18. The van der Waals surface area contributed by atoms with E-state index in [1.54, 1.807) is 0 Å². The summed E-state index contributed by atoms with van der Waals surface area (Å²) in [5.74, 6) is 0. The molecule has 0 bridgehead atoms. The van der Waals surface area contributed by atoms with E-state index in [0.29, 0.717) is 6.04 Å². The number of aryl methyl sites for hydroxylation is 1. The molecule has 0 aliphatic heterocycles. The van der Waals surface area contributed by atoms with Crippen molar-refractivity contribution in [2.24, 2.45) is 0 Å². The van der Waals surface area contributed by atoms with E-state index >= 15 is 0 Å². The predicted molar refractivity (Wildman–Crippen MR) is 80.6 cm³/mol. The zero-order valence-electron chi connectivity index (χ0n) is 10.8. The van der Waals surface area contributed by atoms with Crippen molar-refractivity contribution in [3.05, 3.63) is 69.7 Å². The van der Waals surface area contributed by atoms with Crippen molar-refractivity contribution < 1.29 is 0 Å². The first kappa shape index (κ1) is 13.3. The molecule has 0 fully saturated rings. The van der Waals surface area contributed by atoms with Gasteiger partial charge in [0, 0.05) is 17.1 Å². The Labute approximate surface area is 117 Å². The van der Waals surface area contributed by atoms with Crippen molar-refractivity contribution in [2.75, 3.05) is 0 Å². The molecule has 0 amide bonds. The molecule has 0 saturated carbocycles. The third-order valence-corrected chi connectivity index (χ3v) is 4.02. The van der Waals surface area contributed by atoms with Gasteiger partial charge in [0.2, 0.25) is 0 Å². The molecule has 18 heavy (non-hydrogen) atoms. The van der Waals surface area contributed by atoms with Gasteiger partial charge in [-0.2, -0.15) is 0 Å². The number of rotatable bonds is 4. The lowest BCUT2D eigenvalue weighted by Crippen LogP contribution is -2.18. The van der Waals surface area contributed by atoms with Crippen molar-refractivity contribution in [1.82, 2.24) is 5.32 Å².